The molecule has 0 radical (unpaired) electrons. The standard InChI is InChI=1S/C9H8N2O2.C9H9NO/c12-5-8-9(13)6-3-1-2-4-7(6)10-11-8;10-9-6-2-1-4-8(9)5-3-7-11/h1-4,12H,5H2,(H,10,13);1-2,4,6,11H,7,10H2. The molecule has 0 saturated carbocycles. The summed E-state index contributed by atoms with van der Waals surface area (Å²) in [5.41, 5.74) is 7.61. The van der Waals surface area contributed by atoms with Gasteiger partial charge in [-0.3, -0.25) is 9.89 Å². The summed E-state index contributed by atoms with van der Waals surface area (Å²) in [5, 5.41) is 24.2. The van der Waals surface area contributed by atoms with Crippen molar-refractivity contribution in [1.29, 1.82) is 0 Å². The number of hydrogen-bond donors (Lipinski definition) is 4. The van der Waals surface area contributed by atoms with Crippen LogP contribution in [0.5, 0.6) is 0 Å². The van der Waals surface area contributed by atoms with Gasteiger partial charge in [0.1, 0.15) is 12.3 Å². The highest BCUT2D eigenvalue weighted by Gasteiger charge is 2.03. The highest BCUT2D eigenvalue weighted by atomic mass is 16.3. The Morgan fingerprint density at radius 3 is 2.50 bits per heavy atom. The number of rotatable bonds is 1. The van der Waals surface area contributed by atoms with E-state index in [1.54, 1.807) is 24.3 Å². The molecule has 0 aliphatic carbocycles. The van der Waals surface area contributed by atoms with E-state index in [-0.39, 0.29) is 24.3 Å². The number of para-hydroxylation sites is 2. The molecule has 0 bridgehead atoms. The van der Waals surface area contributed by atoms with E-state index in [0.717, 1.165) is 5.56 Å². The molecule has 0 saturated heterocycles. The van der Waals surface area contributed by atoms with Crippen molar-refractivity contribution < 1.29 is 10.2 Å². The molecule has 3 aromatic rings. The van der Waals surface area contributed by atoms with E-state index < -0.39 is 0 Å². The largest absolute Gasteiger partial charge is 0.398 e. The zero-order valence-electron chi connectivity index (χ0n) is 12.9. The first-order valence-electron chi connectivity index (χ1n) is 7.18. The Labute approximate surface area is 138 Å². The quantitative estimate of drug-likeness (QED) is 0.395. The summed E-state index contributed by atoms with van der Waals surface area (Å²) in [6.45, 7) is -0.464. The van der Waals surface area contributed by atoms with E-state index in [1.807, 2.05) is 24.3 Å². The molecule has 0 atom stereocenters. The molecule has 6 heteroatoms. The van der Waals surface area contributed by atoms with Crippen LogP contribution in [0, 0.1) is 11.8 Å². The molecule has 6 nitrogen and oxygen atoms in total. The highest BCUT2D eigenvalue weighted by molar-refractivity contribution is 5.77. The Hall–Kier alpha value is -3.14. The van der Waals surface area contributed by atoms with E-state index in [0.29, 0.717) is 16.6 Å². The van der Waals surface area contributed by atoms with Crippen LogP contribution in [-0.2, 0) is 6.61 Å². The van der Waals surface area contributed by atoms with E-state index in [9.17, 15) is 4.79 Å². The maximum absolute atomic E-state index is 11.5. The minimum atomic E-state index is -0.333. The van der Waals surface area contributed by atoms with Crippen LogP contribution in [0.1, 0.15) is 11.3 Å². The maximum atomic E-state index is 11.5. The molecule has 5 N–H and O–H groups in total. The van der Waals surface area contributed by atoms with Crippen molar-refractivity contribution in [2.45, 2.75) is 6.61 Å². The number of aromatic amines is 1. The van der Waals surface area contributed by atoms with Gasteiger partial charge in [-0.1, -0.05) is 36.1 Å². The fourth-order valence-corrected chi connectivity index (χ4v) is 1.97. The minimum absolute atomic E-state index is 0.131. The Morgan fingerprint density at radius 2 is 1.79 bits per heavy atom. The van der Waals surface area contributed by atoms with E-state index in [2.05, 4.69) is 22.0 Å². The zero-order valence-corrected chi connectivity index (χ0v) is 12.9. The van der Waals surface area contributed by atoms with Crippen molar-refractivity contribution in [3.05, 3.63) is 70.0 Å². The Kier molecular flexibility index (Phi) is 6.08. The highest BCUT2D eigenvalue weighted by Crippen LogP contribution is 2.07. The van der Waals surface area contributed by atoms with E-state index in [1.165, 1.54) is 0 Å². The monoisotopic (exact) mass is 323 g/mol. The van der Waals surface area contributed by atoms with Crippen LogP contribution in [0.4, 0.5) is 5.69 Å². The second kappa shape index (κ2) is 8.48. The van der Waals surface area contributed by atoms with Gasteiger partial charge in [-0.05, 0) is 24.3 Å². The topological polar surface area (TPSA) is 112 Å². The van der Waals surface area contributed by atoms with Crippen molar-refractivity contribution in [3.8, 4) is 11.8 Å². The molecule has 0 spiro atoms. The van der Waals surface area contributed by atoms with Crippen LogP contribution < -0.4 is 11.2 Å². The molecule has 2 aromatic carbocycles. The summed E-state index contributed by atoms with van der Waals surface area (Å²) in [5.74, 6) is 5.27. The van der Waals surface area contributed by atoms with Crippen LogP contribution in [0.25, 0.3) is 10.9 Å². The number of nitrogen functional groups attached to an aromatic ring is 1. The van der Waals surface area contributed by atoms with Gasteiger partial charge in [0, 0.05) is 16.6 Å². The van der Waals surface area contributed by atoms with Gasteiger partial charge in [-0.25, -0.2) is 0 Å². The molecule has 122 valence electrons. The lowest BCUT2D eigenvalue weighted by atomic mass is 10.2. The van der Waals surface area contributed by atoms with Gasteiger partial charge in [0.15, 0.2) is 0 Å². The van der Waals surface area contributed by atoms with Crippen LogP contribution >= 0.6 is 0 Å². The summed E-state index contributed by atoms with van der Waals surface area (Å²) in [6.07, 6.45) is 0. The van der Waals surface area contributed by atoms with Crippen molar-refractivity contribution in [2.24, 2.45) is 0 Å². The molecule has 24 heavy (non-hydrogen) atoms. The normalized spacial score (nSPS) is 9.58. The number of nitrogens with zero attached hydrogens (tertiary/aromatic N) is 1. The van der Waals surface area contributed by atoms with Gasteiger partial charge in [-0.15, -0.1) is 0 Å². The molecular formula is C18H17N3O3. The molecule has 0 aliphatic rings. The first kappa shape index (κ1) is 17.2. The zero-order chi connectivity index (χ0) is 17.4. The fraction of sp³-hybridized carbons (Fsp3) is 0.111. The van der Waals surface area contributed by atoms with Crippen molar-refractivity contribution in [3.63, 3.8) is 0 Å². The van der Waals surface area contributed by atoms with Crippen LogP contribution in [0.3, 0.4) is 0 Å². The molecule has 1 aromatic heterocycles. The van der Waals surface area contributed by atoms with Crippen molar-refractivity contribution in [2.75, 3.05) is 12.3 Å². The third kappa shape index (κ3) is 4.20. The lowest BCUT2D eigenvalue weighted by Crippen LogP contribution is -2.12. The lowest BCUT2D eigenvalue weighted by molar-refractivity contribution is 0.274. The Morgan fingerprint density at radius 1 is 1.08 bits per heavy atom. The number of aliphatic hydroxyl groups is 2. The first-order chi connectivity index (χ1) is 11.7. The smallest absolute Gasteiger partial charge is 0.213 e. The molecule has 1 heterocycles. The van der Waals surface area contributed by atoms with Gasteiger partial charge in [0.05, 0.1) is 12.1 Å². The molecule has 3 rings (SSSR count). The van der Waals surface area contributed by atoms with E-state index in [4.69, 9.17) is 15.9 Å². The lowest BCUT2D eigenvalue weighted by Gasteiger charge is -1.97. The average molecular weight is 323 g/mol. The van der Waals surface area contributed by atoms with Crippen molar-refractivity contribution >= 4 is 16.6 Å². The summed E-state index contributed by atoms with van der Waals surface area (Å²) in [7, 11) is 0. The van der Waals surface area contributed by atoms with Gasteiger partial charge >= 0.3 is 0 Å². The third-order valence-corrected chi connectivity index (χ3v) is 3.16. The number of hydrogen-bond acceptors (Lipinski definition) is 5. The summed E-state index contributed by atoms with van der Waals surface area (Å²) in [4.78, 5) is 11.5. The average Bonchev–Trinajstić information content (AvgIpc) is 2.62. The molecule has 0 amide bonds. The minimum Gasteiger partial charge on any atom is -0.398 e. The molecule has 0 fully saturated rings. The van der Waals surface area contributed by atoms with Crippen LogP contribution in [0.2, 0.25) is 0 Å². The SMILES string of the molecule is Nc1ccccc1C#CCO.O=c1c(CO)n[nH]c2ccccc12. The number of anilines is 1. The number of nitrogens with one attached hydrogen (secondary N) is 1. The number of aromatic nitrogens is 2. The van der Waals surface area contributed by atoms with Crippen LogP contribution in [0.15, 0.2) is 53.3 Å². The second-order valence-corrected chi connectivity index (χ2v) is 4.75. The van der Waals surface area contributed by atoms with Gasteiger partial charge in [-0.2, -0.15) is 5.10 Å². The predicted molar refractivity (Wildman–Crippen MR) is 93.1 cm³/mol. The summed E-state index contributed by atoms with van der Waals surface area (Å²) in [6, 6.07) is 14.4. The number of aliphatic hydroxyl groups excluding tert-OH is 2. The molecule has 0 unspecified atom stereocenters. The van der Waals surface area contributed by atoms with Crippen LogP contribution in [-0.4, -0.2) is 27.0 Å². The second-order valence-electron chi connectivity index (χ2n) is 4.75. The molecule has 0 aliphatic heterocycles. The maximum Gasteiger partial charge on any atom is 0.213 e. The number of H-pyrrole nitrogens is 1. The van der Waals surface area contributed by atoms with Crippen molar-refractivity contribution in [1.82, 2.24) is 10.2 Å². The Bertz CT molecular complexity index is 939. The molecular weight excluding hydrogens is 306 g/mol. The van der Waals surface area contributed by atoms with Gasteiger partial charge < -0.3 is 15.9 Å². The summed E-state index contributed by atoms with van der Waals surface area (Å²) >= 11 is 0. The summed E-state index contributed by atoms with van der Waals surface area (Å²) < 4.78 is 0. The number of fused-ring (bicyclic) bond motifs is 1. The van der Waals surface area contributed by atoms with E-state index >= 15 is 0 Å². The third-order valence-electron chi connectivity index (χ3n) is 3.16. The Balaban J connectivity index is 0.000000177. The first-order valence-corrected chi connectivity index (χ1v) is 7.18. The van der Waals surface area contributed by atoms with Gasteiger partial charge in [0.25, 0.3) is 0 Å². The predicted octanol–water partition coefficient (Wildman–Crippen LogP) is 1.03. The number of nitrogens with two attached hydrogens (primary N) is 1. The number of benzene rings is 2. The fourth-order valence-electron chi connectivity index (χ4n) is 1.97. The van der Waals surface area contributed by atoms with Gasteiger partial charge in [0.2, 0.25) is 5.43 Å².